The summed E-state index contributed by atoms with van der Waals surface area (Å²) in [4.78, 5) is 7.40. The molecule has 0 aliphatic carbocycles. The van der Waals surface area contributed by atoms with Gasteiger partial charge < -0.3 is 5.73 Å². The van der Waals surface area contributed by atoms with Crippen LogP contribution in [0.25, 0.3) is 0 Å². The van der Waals surface area contributed by atoms with Crippen molar-refractivity contribution in [3.8, 4) is 0 Å². The molecule has 1 unspecified atom stereocenters. The van der Waals surface area contributed by atoms with Gasteiger partial charge >= 0.3 is 0 Å². The first-order valence-corrected chi connectivity index (χ1v) is 4.74. The van der Waals surface area contributed by atoms with Gasteiger partial charge in [-0.25, -0.2) is 23.1 Å². The van der Waals surface area contributed by atoms with E-state index in [0.29, 0.717) is 17.7 Å². The van der Waals surface area contributed by atoms with Gasteiger partial charge in [-0.15, -0.1) is 0 Å². The summed E-state index contributed by atoms with van der Waals surface area (Å²) in [7, 11) is 0. The Labute approximate surface area is 95.1 Å². The van der Waals surface area contributed by atoms with E-state index < -0.39 is 29.1 Å². The minimum atomic E-state index is -1.07. The molecule has 0 aliphatic heterocycles. The molecule has 0 saturated heterocycles. The summed E-state index contributed by atoms with van der Waals surface area (Å²) in [6.07, 6.45) is 3.97. The number of benzene rings is 1. The minimum Gasteiger partial charge on any atom is -0.320 e. The molecule has 0 bridgehead atoms. The SMILES string of the molecule is NC(c1cncnc1)c1c(F)cc(F)cc1F. The van der Waals surface area contributed by atoms with E-state index in [1.165, 1.54) is 18.7 Å². The van der Waals surface area contributed by atoms with Crippen molar-refractivity contribution in [2.45, 2.75) is 6.04 Å². The second-order valence-corrected chi connectivity index (χ2v) is 3.43. The fourth-order valence-corrected chi connectivity index (χ4v) is 1.49. The molecule has 6 heteroatoms. The molecule has 3 nitrogen and oxygen atoms in total. The summed E-state index contributed by atoms with van der Waals surface area (Å²) in [5, 5.41) is 0. The van der Waals surface area contributed by atoms with E-state index in [2.05, 4.69) is 9.97 Å². The van der Waals surface area contributed by atoms with E-state index in [-0.39, 0.29) is 0 Å². The molecule has 17 heavy (non-hydrogen) atoms. The molecule has 1 heterocycles. The summed E-state index contributed by atoms with van der Waals surface area (Å²) in [6, 6.07) is 0.0984. The van der Waals surface area contributed by atoms with Gasteiger partial charge in [-0.1, -0.05) is 0 Å². The Morgan fingerprint density at radius 3 is 2.06 bits per heavy atom. The Bertz CT molecular complexity index is 508. The monoisotopic (exact) mass is 239 g/mol. The lowest BCUT2D eigenvalue weighted by molar-refractivity contribution is 0.514. The summed E-state index contributed by atoms with van der Waals surface area (Å²) >= 11 is 0. The maximum Gasteiger partial charge on any atom is 0.134 e. The topological polar surface area (TPSA) is 51.8 Å². The Morgan fingerprint density at radius 2 is 1.53 bits per heavy atom. The smallest absolute Gasteiger partial charge is 0.134 e. The molecule has 2 aromatic rings. The average Bonchev–Trinajstić information content (AvgIpc) is 2.28. The van der Waals surface area contributed by atoms with Crippen molar-refractivity contribution in [2.24, 2.45) is 5.73 Å². The molecule has 0 aliphatic rings. The zero-order valence-corrected chi connectivity index (χ0v) is 8.57. The number of rotatable bonds is 2. The van der Waals surface area contributed by atoms with Crippen LogP contribution in [0, 0.1) is 17.5 Å². The largest absolute Gasteiger partial charge is 0.320 e. The van der Waals surface area contributed by atoms with Crippen molar-refractivity contribution in [1.29, 1.82) is 0 Å². The van der Waals surface area contributed by atoms with Crippen LogP contribution in [0.5, 0.6) is 0 Å². The fourth-order valence-electron chi connectivity index (χ4n) is 1.49. The van der Waals surface area contributed by atoms with Crippen molar-refractivity contribution in [2.75, 3.05) is 0 Å². The molecular weight excluding hydrogens is 231 g/mol. The van der Waals surface area contributed by atoms with E-state index >= 15 is 0 Å². The molecule has 0 saturated carbocycles. The predicted molar refractivity (Wildman–Crippen MR) is 54.4 cm³/mol. The average molecular weight is 239 g/mol. The van der Waals surface area contributed by atoms with E-state index in [4.69, 9.17) is 5.73 Å². The van der Waals surface area contributed by atoms with Crippen LogP contribution < -0.4 is 5.73 Å². The van der Waals surface area contributed by atoms with Crippen LogP contribution in [0.2, 0.25) is 0 Å². The summed E-state index contributed by atoms with van der Waals surface area (Å²) < 4.78 is 39.6. The molecule has 1 atom stereocenters. The van der Waals surface area contributed by atoms with Gasteiger partial charge in [-0.2, -0.15) is 0 Å². The number of hydrogen-bond acceptors (Lipinski definition) is 3. The summed E-state index contributed by atoms with van der Waals surface area (Å²) in [6.45, 7) is 0. The maximum atomic E-state index is 13.4. The van der Waals surface area contributed by atoms with Crippen LogP contribution in [0.4, 0.5) is 13.2 Å². The molecule has 2 rings (SSSR count). The summed E-state index contributed by atoms with van der Waals surface area (Å²) in [5.74, 6) is -3.04. The van der Waals surface area contributed by atoms with Gasteiger partial charge in [0.25, 0.3) is 0 Å². The van der Waals surface area contributed by atoms with E-state index in [1.54, 1.807) is 0 Å². The molecule has 1 aromatic carbocycles. The minimum absolute atomic E-state index is 0.344. The molecular formula is C11H8F3N3. The third-order valence-electron chi connectivity index (χ3n) is 2.29. The lowest BCUT2D eigenvalue weighted by Gasteiger charge is -2.13. The van der Waals surface area contributed by atoms with Crippen molar-refractivity contribution in [3.63, 3.8) is 0 Å². The Balaban J connectivity index is 2.48. The zero-order valence-electron chi connectivity index (χ0n) is 8.57. The van der Waals surface area contributed by atoms with Crippen LogP contribution in [-0.2, 0) is 0 Å². The first-order chi connectivity index (χ1) is 8.09. The molecule has 1 aromatic heterocycles. The number of nitrogens with two attached hydrogens (primary N) is 1. The molecule has 0 amide bonds. The van der Waals surface area contributed by atoms with Crippen molar-refractivity contribution in [1.82, 2.24) is 9.97 Å². The van der Waals surface area contributed by atoms with Gasteiger partial charge in [-0.3, -0.25) is 0 Å². The van der Waals surface area contributed by atoms with E-state index in [1.807, 2.05) is 0 Å². The third kappa shape index (κ3) is 2.26. The third-order valence-corrected chi connectivity index (χ3v) is 2.29. The Hall–Kier alpha value is -1.95. The lowest BCUT2D eigenvalue weighted by atomic mass is 10.0. The maximum absolute atomic E-state index is 13.4. The highest BCUT2D eigenvalue weighted by atomic mass is 19.1. The summed E-state index contributed by atoms with van der Waals surface area (Å²) in [5.41, 5.74) is 5.63. The second-order valence-electron chi connectivity index (χ2n) is 3.43. The highest BCUT2D eigenvalue weighted by Gasteiger charge is 2.20. The predicted octanol–water partition coefficient (Wildman–Crippen LogP) is 1.94. The molecule has 0 radical (unpaired) electrons. The van der Waals surface area contributed by atoms with Gasteiger partial charge in [0, 0.05) is 35.7 Å². The lowest BCUT2D eigenvalue weighted by Crippen LogP contribution is -2.16. The van der Waals surface area contributed by atoms with Crippen LogP contribution in [-0.4, -0.2) is 9.97 Å². The first-order valence-electron chi connectivity index (χ1n) is 4.74. The standard InChI is InChI=1S/C11H8F3N3/c12-7-1-8(13)10(9(14)2-7)11(15)6-3-16-5-17-4-6/h1-5,11H,15H2. The molecule has 0 fully saturated rings. The molecule has 0 spiro atoms. The highest BCUT2D eigenvalue weighted by Crippen LogP contribution is 2.24. The van der Waals surface area contributed by atoms with Crippen LogP contribution in [0.1, 0.15) is 17.2 Å². The number of halogens is 3. The van der Waals surface area contributed by atoms with Gasteiger partial charge in [0.15, 0.2) is 0 Å². The molecule has 2 N–H and O–H groups in total. The van der Waals surface area contributed by atoms with Gasteiger partial charge in [0.1, 0.15) is 23.8 Å². The number of hydrogen-bond donors (Lipinski definition) is 1. The zero-order chi connectivity index (χ0) is 12.4. The first kappa shape index (κ1) is 11.5. The van der Waals surface area contributed by atoms with Gasteiger partial charge in [-0.05, 0) is 0 Å². The number of aromatic nitrogens is 2. The Kier molecular flexibility index (Phi) is 3.06. The van der Waals surface area contributed by atoms with E-state index in [9.17, 15) is 13.2 Å². The van der Waals surface area contributed by atoms with Crippen molar-refractivity contribution >= 4 is 0 Å². The van der Waals surface area contributed by atoms with Crippen LogP contribution >= 0.6 is 0 Å². The number of nitrogens with zero attached hydrogens (tertiary/aromatic N) is 2. The van der Waals surface area contributed by atoms with E-state index in [0.717, 1.165) is 0 Å². The van der Waals surface area contributed by atoms with Crippen molar-refractivity contribution in [3.05, 3.63) is 59.4 Å². The normalized spacial score (nSPS) is 12.5. The highest BCUT2D eigenvalue weighted by molar-refractivity contribution is 5.31. The quantitative estimate of drug-likeness (QED) is 0.871. The van der Waals surface area contributed by atoms with Gasteiger partial charge in [0.2, 0.25) is 0 Å². The van der Waals surface area contributed by atoms with Crippen LogP contribution in [0.3, 0.4) is 0 Å². The van der Waals surface area contributed by atoms with Crippen LogP contribution in [0.15, 0.2) is 30.9 Å². The second kappa shape index (κ2) is 4.50. The Morgan fingerprint density at radius 1 is 1.00 bits per heavy atom. The fraction of sp³-hybridized carbons (Fsp3) is 0.0909. The van der Waals surface area contributed by atoms with Gasteiger partial charge in [0.05, 0.1) is 6.04 Å². The van der Waals surface area contributed by atoms with Crippen molar-refractivity contribution < 1.29 is 13.2 Å². The molecule has 88 valence electrons.